The number of rotatable bonds is 1. The fourth-order valence-corrected chi connectivity index (χ4v) is 1.65. The average molecular weight is 217 g/mol. The van der Waals surface area contributed by atoms with E-state index in [1.54, 1.807) is 0 Å². The zero-order valence-electron chi connectivity index (χ0n) is 8.21. The smallest absolute Gasteiger partial charge is 0.102 e. The van der Waals surface area contributed by atoms with Crippen LogP contribution in [0.4, 0.5) is 0 Å². The maximum absolute atomic E-state index is 9.01. The lowest BCUT2D eigenvalue weighted by Crippen LogP contribution is -1.80. The Morgan fingerprint density at radius 3 is 2.53 bits per heavy atom. The van der Waals surface area contributed by atoms with E-state index in [0.29, 0.717) is 10.6 Å². The third kappa shape index (κ3) is 1.74. The van der Waals surface area contributed by atoms with Crippen molar-refractivity contribution in [3.63, 3.8) is 0 Å². The second kappa shape index (κ2) is 3.80. The molecule has 3 heteroatoms. The molecule has 0 saturated heterocycles. The number of aromatic nitrogens is 1. The standard InChI is InChI=1S/C12H9ClN2/c1-8-11(6-14)12(7-15-8)9-2-4-10(13)5-3-9/h2-5,7,15H,1H3. The highest BCUT2D eigenvalue weighted by Gasteiger charge is 2.08. The lowest BCUT2D eigenvalue weighted by molar-refractivity contribution is 1.25. The molecule has 0 unspecified atom stereocenters. The van der Waals surface area contributed by atoms with Crippen molar-refractivity contribution in [1.29, 1.82) is 5.26 Å². The molecule has 0 aliphatic rings. The molecule has 2 rings (SSSR count). The summed E-state index contributed by atoms with van der Waals surface area (Å²) in [6.45, 7) is 1.89. The lowest BCUT2D eigenvalue weighted by atomic mass is 10.0. The van der Waals surface area contributed by atoms with E-state index >= 15 is 0 Å². The van der Waals surface area contributed by atoms with Crippen LogP contribution in [-0.2, 0) is 0 Å². The number of nitrogens with one attached hydrogen (secondary N) is 1. The Bertz CT molecular complexity index is 518. The molecular weight excluding hydrogens is 208 g/mol. The lowest BCUT2D eigenvalue weighted by Gasteiger charge is -1.98. The molecule has 2 nitrogen and oxygen atoms in total. The minimum absolute atomic E-state index is 0.692. The van der Waals surface area contributed by atoms with Crippen LogP contribution >= 0.6 is 11.6 Å². The third-order valence-electron chi connectivity index (χ3n) is 2.34. The van der Waals surface area contributed by atoms with Gasteiger partial charge in [-0.1, -0.05) is 23.7 Å². The molecular formula is C12H9ClN2. The van der Waals surface area contributed by atoms with Crippen LogP contribution in [0.1, 0.15) is 11.3 Å². The van der Waals surface area contributed by atoms with Gasteiger partial charge in [0.15, 0.2) is 0 Å². The molecule has 1 heterocycles. The van der Waals surface area contributed by atoms with E-state index in [4.69, 9.17) is 16.9 Å². The van der Waals surface area contributed by atoms with Crippen molar-refractivity contribution in [2.75, 3.05) is 0 Å². The van der Waals surface area contributed by atoms with Crippen LogP contribution in [0.3, 0.4) is 0 Å². The highest BCUT2D eigenvalue weighted by atomic mass is 35.5. The van der Waals surface area contributed by atoms with E-state index in [2.05, 4.69) is 11.1 Å². The molecule has 1 N–H and O–H groups in total. The first kappa shape index (κ1) is 9.82. The number of aryl methyl sites for hydroxylation is 1. The number of nitrogens with zero attached hydrogens (tertiary/aromatic N) is 1. The first-order valence-electron chi connectivity index (χ1n) is 4.56. The van der Waals surface area contributed by atoms with Crippen LogP contribution in [0.5, 0.6) is 0 Å². The number of hydrogen-bond acceptors (Lipinski definition) is 1. The van der Waals surface area contributed by atoms with Crippen LogP contribution in [0.25, 0.3) is 11.1 Å². The Morgan fingerprint density at radius 1 is 1.27 bits per heavy atom. The van der Waals surface area contributed by atoms with Crippen molar-refractivity contribution in [3.8, 4) is 17.2 Å². The van der Waals surface area contributed by atoms with Crippen molar-refractivity contribution in [1.82, 2.24) is 4.98 Å². The number of nitriles is 1. The number of halogens is 1. The topological polar surface area (TPSA) is 39.6 Å². The number of H-pyrrole nitrogens is 1. The van der Waals surface area contributed by atoms with E-state index in [9.17, 15) is 0 Å². The first-order valence-corrected chi connectivity index (χ1v) is 4.94. The quantitative estimate of drug-likeness (QED) is 0.779. The van der Waals surface area contributed by atoms with Gasteiger partial charge >= 0.3 is 0 Å². The average Bonchev–Trinajstić information content (AvgIpc) is 2.61. The van der Waals surface area contributed by atoms with Crippen molar-refractivity contribution < 1.29 is 0 Å². The Balaban J connectivity index is 2.55. The second-order valence-corrected chi connectivity index (χ2v) is 3.76. The summed E-state index contributed by atoms with van der Waals surface area (Å²) in [6.07, 6.45) is 1.84. The van der Waals surface area contributed by atoms with Gasteiger partial charge in [0.05, 0.1) is 5.56 Å². The second-order valence-electron chi connectivity index (χ2n) is 3.32. The summed E-state index contributed by atoms with van der Waals surface area (Å²) in [5.74, 6) is 0. The van der Waals surface area contributed by atoms with E-state index in [-0.39, 0.29) is 0 Å². The fraction of sp³-hybridized carbons (Fsp3) is 0.0833. The maximum Gasteiger partial charge on any atom is 0.102 e. The zero-order chi connectivity index (χ0) is 10.8. The summed E-state index contributed by atoms with van der Waals surface area (Å²) < 4.78 is 0. The summed E-state index contributed by atoms with van der Waals surface area (Å²) in [7, 11) is 0. The summed E-state index contributed by atoms with van der Waals surface area (Å²) >= 11 is 5.81. The van der Waals surface area contributed by atoms with Crippen LogP contribution in [-0.4, -0.2) is 4.98 Å². The number of hydrogen-bond donors (Lipinski definition) is 1. The molecule has 74 valence electrons. The minimum atomic E-state index is 0.692. The van der Waals surface area contributed by atoms with Crippen LogP contribution in [0, 0.1) is 18.3 Å². The molecule has 2 aromatic rings. The van der Waals surface area contributed by atoms with Gasteiger partial charge in [0.1, 0.15) is 6.07 Å². The molecule has 0 spiro atoms. The molecule has 0 fully saturated rings. The van der Waals surface area contributed by atoms with Crippen molar-refractivity contribution in [3.05, 3.63) is 46.7 Å². The van der Waals surface area contributed by atoms with Gasteiger partial charge < -0.3 is 4.98 Å². The molecule has 0 atom stereocenters. The number of aromatic amines is 1. The van der Waals surface area contributed by atoms with Gasteiger partial charge in [-0.25, -0.2) is 0 Å². The molecule has 0 amide bonds. The van der Waals surface area contributed by atoms with E-state index in [1.165, 1.54) is 0 Å². The SMILES string of the molecule is Cc1[nH]cc(-c2ccc(Cl)cc2)c1C#N. The first-order chi connectivity index (χ1) is 7.22. The molecule has 0 bridgehead atoms. The van der Waals surface area contributed by atoms with Crippen molar-refractivity contribution in [2.45, 2.75) is 6.92 Å². The number of benzene rings is 1. The summed E-state index contributed by atoms with van der Waals surface area (Å²) in [4.78, 5) is 3.05. The molecule has 0 aliphatic heterocycles. The molecule has 0 radical (unpaired) electrons. The van der Waals surface area contributed by atoms with Crippen LogP contribution < -0.4 is 0 Å². The predicted molar refractivity (Wildman–Crippen MR) is 60.7 cm³/mol. The van der Waals surface area contributed by atoms with E-state index in [1.807, 2.05) is 37.4 Å². The Morgan fingerprint density at radius 2 is 1.93 bits per heavy atom. The molecule has 0 saturated carbocycles. The summed E-state index contributed by atoms with van der Waals surface area (Å²) in [5, 5.41) is 9.71. The summed E-state index contributed by atoms with van der Waals surface area (Å²) in [5.41, 5.74) is 3.51. The van der Waals surface area contributed by atoms with E-state index in [0.717, 1.165) is 16.8 Å². The maximum atomic E-state index is 9.01. The van der Waals surface area contributed by atoms with Crippen molar-refractivity contribution >= 4 is 11.6 Å². The third-order valence-corrected chi connectivity index (χ3v) is 2.60. The zero-order valence-corrected chi connectivity index (χ0v) is 8.97. The van der Waals surface area contributed by atoms with Gasteiger partial charge in [0, 0.05) is 22.5 Å². The monoisotopic (exact) mass is 216 g/mol. The highest BCUT2D eigenvalue weighted by molar-refractivity contribution is 6.30. The van der Waals surface area contributed by atoms with Gasteiger partial charge in [-0.05, 0) is 24.6 Å². The largest absolute Gasteiger partial charge is 0.363 e. The predicted octanol–water partition coefficient (Wildman–Crippen LogP) is 3.52. The normalized spacial score (nSPS) is 9.93. The Hall–Kier alpha value is -1.72. The Labute approximate surface area is 93.1 Å². The van der Waals surface area contributed by atoms with E-state index < -0.39 is 0 Å². The summed E-state index contributed by atoms with van der Waals surface area (Å²) in [6, 6.07) is 9.65. The minimum Gasteiger partial charge on any atom is -0.363 e. The van der Waals surface area contributed by atoms with Crippen LogP contribution in [0.15, 0.2) is 30.5 Å². The molecule has 15 heavy (non-hydrogen) atoms. The van der Waals surface area contributed by atoms with Crippen LogP contribution in [0.2, 0.25) is 5.02 Å². The van der Waals surface area contributed by atoms with Crippen molar-refractivity contribution in [2.24, 2.45) is 0 Å². The van der Waals surface area contributed by atoms with Gasteiger partial charge in [0.25, 0.3) is 0 Å². The van der Waals surface area contributed by atoms with Gasteiger partial charge in [-0.3, -0.25) is 0 Å². The molecule has 0 aliphatic carbocycles. The highest BCUT2D eigenvalue weighted by Crippen LogP contribution is 2.26. The van der Waals surface area contributed by atoms with Gasteiger partial charge in [-0.2, -0.15) is 5.26 Å². The Kier molecular flexibility index (Phi) is 2.49. The van der Waals surface area contributed by atoms with Gasteiger partial charge in [0.2, 0.25) is 0 Å². The fourth-order valence-electron chi connectivity index (χ4n) is 1.53. The molecule has 1 aromatic heterocycles. The van der Waals surface area contributed by atoms with Gasteiger partial charge in [-0.15, -0.1) is 0 Å². The molecule has 1 aromatic carbocycles.